The van der Waals surface area contributed by atoms with Crippen molar-refractivity contribution in [2.24, 2.45) is 0 Å². The number of aromatic nitrogens is 3. The summed E-state index contributed by atoms with van der Waals surface area (Å²) in [5, 5.41) is 0. The molecule has 0 unspecified atom stereocenters. The number of anilines is 1. The third-order valence-electron chi connectivity index (χ3n) is 4.74. The third-order valence-corrected chi connectivity index (χ3v) is 4.74. The lowest BCUT2D eigenvalue weighted by atomic mass is 10.2. The SMILES string of the molecule is Cc1ncnc(N2CCN(C(=O)Cn3c(=O)oc4ccccc43)CC2)c1F. The lowest BCUT2D eigenvalue weighted by molar-refractivity contribution is -0.132. The van der Waals surface area contributed by atoms with Gasteiger partial charge < -0.3 is 14.2 Å². The molecule has 1 fully saturated rings. The van der Waals surface area contributed by atoms with Crippen molar-refractivity contribution in [3.8, 4) is 0 Å². The van der Waals surface area contributed by atoms with Crippen molar-refractivity contribution in [3.05, 3.63) is 52.7 Å². The average Bonchev–Trinajstić information content (AvgIpc) is 2.99. The topological polar surface area (TPSA) is 84.5 Å². The number of hydrogen-bond acceptors (Lipinski definition) is 6. The van der Waals surface area contributed by atoms with E-state index in [1.165, 1.54) is 10.9 Å². The first kappa shape index (κ1) is 17.2. The fraction of sp³-hybridized carbons (Fsp3) is 0.333. The second kappa shape index (κ2) is 6.82. The molecular weight excluding hydrogens is 353 g/mol. The van der Waals surface area contributed by atoms with Gasteiger partial charge in [0, 0.05) is 26.2 Å². The lowest BCUT2D eigenvalue weighted by Crippen LogP contribution is -2.50. The molecule has 4 rings (SSSR count). The van der Waals surface area contributed by atoms with Crippen LogP contribution in [-0.2, 0) is 11.3 Å². The molecule has 1 aliphatic rings. The largest absolute Gasteiger partial charge is 0.420 e. The Bertz CT molecular complexity index is 1050. The molecule has 2 aromatic heterocycles. The van der Waals surface area contributed by atoms with Crippen LogP contribution in [0, 0.1) is 12.7 Å². The standard InChI is InChI=1S/C18H18FN5O3/c1-12-16(19)17(21-11-20-12)23-8-6-22(7-9-23)15(25)10-24-13-4-2-3-5-14(13)27-18(24)26/h2-5,11H,6-10H2,1H3. The Balaban J connectivity index is 1.45. The van der Waals surface area contributed by atoms with E-state index < -0.39 is 11.6 Å². The summed E-state index contributed by atoms with van der Waals surface area (Å²) in [6, 6.07) is 6.99. The molecule has 3 heterocycles. The molecular formula is C18H18FN5O3. The third kappa shape index (κ3) is 3.16. The van der Waals surface area contributed by atoms with Crippen LogP contribution in [0.25, 0.3) is 11.1 Å². The molecule has 9 heteroatoms. The summed E-state index contributed by atoms with van der Waals surface area (Å²) in [5.74, 6) is -0.912. The number of aryl methyl sites for hydroxylation is 1. The molecule has 27 heavy (non-hydrogen) atoms. The molecule has 1 aromatic carbocycles. The van der Waals surface area contributed by atoms with Gasteiger partial charge in [-0.15, -0.1) is 0 Å². The molecule has 1 aliphatic heterocycles. The number of halogens is 1. The Morgan fingerprint density at radius 3 is 2.70 bits per heavy atom. The predicted octanol–water partition coefficient (Wildman–Crippen LogP) is 1.18. The molecule has 0 atom stereocenters. The summed E-state index contributed by atoms with van der Waals surface area (Å²) < 4.78 is 20.7. The quantitative estimate of drug-likeness (QED) is 0.687. The Morgan fingerprint density at radius 1 is 1.19 bits per heavy atom. The highest BCUT2D eigenvalue weighted by Crippen LogP contribution is 2.19. The first-order valence-electron chi connectivity index (χ1n) is 8.63. The first-order chi connectivity index (χ1) is 13.0. The van der Waals surface area contributed by atoms with Gasteiger partial charge in [-0.25, -0.2) is 19.2 Å². The number of hydrogen-bond donors (Lipinski definition) is 0. The molecule has 0 bridgehead atoms. The maximum absolute atomic E-state index is 14.2. The maximum Gasteiger partial charge on any atom is 0.420 e. The number of benzene rings is 1. The monoisotopic (exact) mass is 371 g/mol. The van der Waals surface area contributed by atoms with Crippen LogP contribution in [0.15, 0.2) is 39.8 Å². The molecule has 0 aliphatic carbocycles. The van der Waals surface area contributed by atoms with Gasteiger partial charge in [-0.05, 0) is 19.1 Å². The Morgan fingerprint density at radius 2 is 1.93 bits per heavy atom. The van der Waals surface area contributed by atoms with E-state index in [1.807, 2.05) is 0 Å². The summed E-state index contributed by atoms with van der Waals surface area (Å²) in [4.78, 5) is 36.0. The van der Waals surface area contributed by atoms with E-state index in [0.29, 0.717) is 43.0 Å². The van der Waals surface area contributed by atoms with Gasteiger partial charge in [-0.2, -0.15) is 0 Å². The van der Waals surface area contributed by atoms with Crippen molar-refractivity contribution in [1.29, 1.82) is 0 Å². The lowest BCUT2D eigenvalue weighted by Gasteiger charge is -2.35. The Hall–Kier alpha value is -3.23. The predicted molar refractivity (Wildman–Crippen MR) is 96.0 cm³/mol. The van der Waals surface area contributed by atoms with Gasteiger partial charge in [0.05, 0.1) is 11.2 Å². The van der Waals surface area contributed by atoms with E-state index in [1.54, 1.807) is 41.0 Å². The van der Waals surface area contributed by atoms with E-state index in [0.717, 1.165) is 0 Å². The number of amides is 1. The second-order valence-corrected chi connectivity index (χ2v) is 6.39. The molecule has 0 radical (unpaired) electrons. The van der Waals surface area contributed by atoms with Crippen molar-refractivity contribution in [2.75, 3.05) is 31.1 Å². The van der Waals surface area contributed by atoms with Gasteiger partial charge in [0.1, 0.15) is 12.9 Å². The zero-order chi connectivity index (χ0) is 19.0. The van der Waals surface area contributed by atoms with Crippen LogP contribution < -0.4 is 10.7 Å². The van der Waals surface area contributed by atoms with Crippen molar-refractivity contribution >= 4 is 22.8 Å². The molecule has 3 aromatic rings. The average molecular weight is 371 g/mol. The molecule has 0 saturated carbocycles. The summed E-state index contributed by atoms with van der Waals surface area (Å²) in [7, 11) is 0. The highest BCUT2D eigenvalue weighted by molar-refractivity contribution is 5.79. The number of fused-ring (bicyclic) bond motifs is 1. The van der Waals surface area contributed by atoms with Crippen molar-refractivity contribution in [1.82, 2.24) is 19.4 Å². The van der Waals surface area contributed by atoms with Crippen LogP contribution in [0.4, 0.5) is 10.2 Å². The fourth-order valence-corrected chi connectivity index (χ4v) is 3.23. The zero-order valence-corrected chi connectivity index (χ0v) is 14.8. The van der Waals surface area contributed by atoms with E-state index in [2.05, 4.69) is 9.97 Å². The van der Waals surface area contributed by atoms with Gasteiger partial charge in [-0.1, -0.05) is 12.1 Å². The molecule has 1 amide bonds. The van der Waals surface area contributed by atoms with Gasteiger partial charge in [0.15, 0.2) is 17.2 Å². The molecule has 0 spiro atoms. The summed E-state index contributed by atoms with van der Waals surface area (Å²) in [5.41, 5.74) is 1.34. The molecule has 140 valence electrons. The molecule has 8 nitrogen and oxygen atoms in total. The Labute approximate surface area is 153 Å². The highest BCUT2D eigenvalue weighted by atomic mass is 19.1. The normalized spacial score (nSPS) is 14.7. The second-order valence-electron chi connectivity index (χ2n) is 6.39. The zero-order valence-electron chi connectivity index (χ0n) is 14.8. The van der Waals surface area contributed by atoms with Gasteiger partial charge >= 0.3 is 5.76 Å². The van der Waals surface area contributed by atoms with Gasteiger partial charge in [0.25, 0.3) is 0 Å². The summed E-state index contributed by atoms with van der Waals surface area (Å²) >= 11 is 0. The smallest absolute Gasteiger partial charge is 0.408 e. The van der Waals surface area contributed by atoms with Crippen LogP contribution in [0.2, 0.25) is 0 Å². The summed E-state index contributed by atoms with van der Waals surface area (Å²) in [6.07, 6.45) is 1.34. The first-order valence-corrected chi connectivity index (χ1v) is 8.63. The minimum atomic E-state index is -0.554. The molecule has 1 saturated heterocycles. The number of carbonyl (C=O) groups excluding carboxylic acids is 1. The number of piperazine rings is 1. The van der Waals surface area contributed by atoms with Crippen molar-refractivity contribution in [2.45, 2.75) is 13.5 Å². The van der Waals surface area contributed by atoms with Crippen LogP contribution in [0.3, 0.4) is 0 Å². The Kier molecular flexibility index (Phi) is 4.35. The van der Waals surface area contributed by atoms with Crippen LogP contribution >= 0.6 is 0 Å². The maximum atomic E-state index is 14.2. The minimum Gasteiger partial charge on any atom is -0.408 e. The summed E-state index contributed by atoms with van der Waals surface area (Å²) in [6.45, 7) is 3.27. The van der Waals surface area contributed by atoms with Crippen molar-refractivity contribution in [3.63, 3.8) is 0 Å². The van der Waals surface area contributed by atoms with E-state index >= 15 is 0 Å². The van der Waals surface area contributed by atoms with Crippen LogP contribution in [0.1, 0.15) is 5.69 Å². The van der Waals surface area contributed by atoms with Gasteiger partial charge in [-0.3, -0.25) is 9.36 Å². The van der Waals surface area contributed by atoms with E-state index in [4.69, 9.17) is 4.42 Å². The van der Waals surface area contributed by atoms with Crippen LogP contribution in [-0.4, -0.2) is 51.5 Å². The number of oxazole rings is 1. The van der Waals surface area contributed by atoms with Gasteiger partial charge in [0.2, 0.25) is 5.91 Å². The van der Waals surface area contributed by atoms with Crippen molar-refractivity contribution < 1.29 is 13.6 Å². The number of rotatable bonds is 3. The number of nitrogens with zero attached hydrogens (tertiary/aromatic N) is 5. The van der Waals surface area contributed by atoms with E-state index in [9.17, 15) is 14.0 Å². The van der Waals surface area contributed by atoms with Crippen LogP contribution in [0.5, 0.6) is 0 Å². The number of para-hydroxylation sites is 2. The van der Waals surface area contributed by atoms with E-state index in [-0.39, 0.29) is 18.3 Å². The molecule has 0 N–H and O–H groups in total. The highest BCUT2D eigenvalue weighted by Gasteiger charge is 2.25. The fourth-order valence-electron chi connectivity index (χ4n) is 3.23. The minimum absolute atomic E-state index is 0.0865. The number of carbonyl (C=O) groups is 1.